The molecule has 0 spiro atoms. The van der Waals surface area contributed by atoms with E-state index in [1.54, 1.807) is 0 Å². The molecule has 0 heterocycles. The van der Waals surface area contributed by atoms with Gasteiger partial charge in [0, 0.05) is 6.42 Å². The van der Waals surface area contributed by atoms with Crippen molar-refractivity contribution in [2.45, 2.75) is 71.1 Å². The molecule has 0 aliphatic carbocycles. The maximum absolute atomic E-state index is 10.3. The van der Waals surface area contributed by atoms with Gasteiger partial charge in [-0.1, -0.05) is 62.6 Å². The molecule has 114 valence electrons. The Morgan fingerprint density at radius 3 is 1.90 bits per heavy atom. The molecule has 0 aromatic carbocycles. The van der Waals surface area contributed by atoms with Gasteiger partial charge in [0.1, 0.15) is 0 Å². The van der Waals surface area contributed by atoms with Crippen molar-refractivity contribution in [3.63, 3.8) is 0 Å². The fourth-order valence-corrected chi connectivity index (χ4v) is 1.81. The van der Waals surface area contributed by atoms with Crippen LogP contribution in [0.1, 0.15) is 71.1 Å². The molecule has 2 heteroatoms. The zero-order valence-electron chi connectivity index (χ0n) is 12.9. The van der Waals surface area contributed by atoms with Gasteiger partial charge >= 0.3 is 5.97 Å². The van der Waals surface area contributed by atoms with Crippen LogP contribution in [0.3, 0.4) is 0 Å². The molecule has 0 atom stereocenters. The third kappa shape index (κ3) is 16.7. The van der Waals surface area contributed by atoms with E-state index in [9.17, 15) is 4.79 Å². The summed E-state index contributed by atoms with van der Waals surface area (Å²) in [4.78, 5) is 10.3. The van der Waals surface area contributed by atoms with Gasteiger partial charge in [-0.3, -0.25) is 4.79 Å². The number of carbonyl (C=O) groups is 1. The van der Waals surface area contributed by atoms with Gasteiger partial charge in [-0.05, 0) is 38.5 Å². The Kier molecular flexibility index (Phi) is 14.7. The lowest BCUT2D eigenvalue weighted by atomic mass is 10.1. The molecule has 0 rings (SSSR count). The van der Waals surface area contributed by atoms with Gasteiger partial charge in [0.15, 0.2) is 0 Å². The third-order valence-corrected chi connectivity index (χ3v) is 3.03. The van der Waals surface area contributed by atoms with E-state index in [0.717, 1.165) is 38.5 Å². The number of allylic oxidation sites excluding steroid dienone is 6. The predicted octanol–water partition coefficient (Wildman–Crippen LogP) is 5.66. The second kappa shape index (κ2) is 15.7. The highest BCUT2D eigenvalue weighted by atomic mass is 16.4. The number of carboxylic acid groups (broad SMARTS) is 1. The molecule has 0 aromatic rings. The number of aliphatic carboxylic acids is 1. The van der Waals surface area contributed by atoms with Crippen LogP contribution in [0.2, 0.25) is 0 Å². The van der Waals surface area contributed by atoms with Crippen LogP contribution in [-0.2, 0) is 4.79 Å². The van der Waals surface area contributed by atoms with E-state index >= 15 is 0 Å². The number of carboxylic acids is 1. The summed E-state index contributed by atoms with van der Waals surface area (Å²) >= 11 is 0. The SMILES string of the molecule is CCCC/C=C\C/C=C\C/C=C\CCCCCC(=O)O. The first-order chi connectivity index (χ1) is 9.77. The van der Waals surface area contributed by atoms with Crippen molar-refractivity contribution in [2.24, 2.45) is 0 Å². The molecule has 0 fully saturated rings. The van der Waals surface area contributed by atoms with Crippen LogP contribution in [-0.4, -0.2) is 11.1 Å². The zero-order valence-corrected chi connectivity index (χ0v) is 12.9. The van der Waals surface area contributed by atoms with Crippen molar-refractivity contribution in [3.8, 4) is 0 Å². The molecule has 0 unspecified atom stereocenters. The molecule has 0 bridgehead atoms. The maximum atomic E-state index is 10.3. The van der Waals surface area contributed by atoms with E-state index in [-0.39, 0.29) is 0 Å². The Hall–Kier alpha value is -1.31. The summed E-state index contributed by atoms with van der Waals surface area (Å²) in [7, 11) is 0. The first-order valence-corrected chi connectivity index (χ1v) is 7.94. The van der Waals surface area contributed by atoms with Gasteiger partial charge in [-0.2, -0.15) is 0 Å². The lowest BCUT2D eigenvalue weighted by Gasteiger charge is -1.94. The fourth-order valence-electron chi connectivity index (χ4n) is 1.81. The molecule has 1 N–H and O–H groups in total. The summed E-state index contributed by atoms with van der Waals surface area (Å²) in [5.41, 5.74) is 0. The molecule has 0 amide bonds. The van der Waals surface area contributed by atoms with Crippen molar-refractivity contribution in [1.29, 1.82) is 0 Å². The number of rotatable bonds is 13. The molecule has 2 nitrogen and oxygen atoms in total. The van der Waals surface area contributed by atoms with E-state index in [4.69, 9.17) is 5.11 Å². The molecule has 0 radical (unpaired) electrons. The van der Waals surface area contributed by atoms with Gasteiger partial charge in [-0.15, -0.1) is 0 Å². The minimum atomic E-state index is -0.686. The minimum Gasteiger partial charge on any atom is -0.481 e. The summed E-state index contributed by atoms with van der Waals surface area (Å²) in [5, 5.41) is 8.49. The smallest absolute Gasteiger partial charge is 0.303 e. The summed E-state index contributed by atoms with van der Waals surface area (Å²) in [5.74, 6) is -0.686. The van der Waals surface area contributed by atoms with E-state index in [0.29, 0.717) is 6.42 Å². The molecular weight excluding hydrogens is 248 g/mol. The Labute approximate surface area is 124 Å². The lowest BCUT2D eigenvalue weighted by molar-refractivity contribution is -0.137. The standard InChI is InChI=1S/C18H30O2/c1-2-3-4-5-6-7-8-9-10-11-12-13-14-15-16-17-18(19)20/h5-6,8-9,11-12H,2-4,7,10,13-17H2,1H3,(H,19,20)/b6-5-,9-8-,12-11-. The first-order valence-electron chi connectivity index (χ1n) is 7.94. The highest BCUT2D eigenvalue weighted by molar-refractivity contribution is 5.66. The second-order valence-corrected chi connectivity index (χ2v) is 5.02. The highest BCUT2D eigenvalue weighted by Crippen LogP contribution is 2.04. The van der Waals surface area contributed by atoms with Crippen LogP contribution < -0.4 is 0 Å². The van der Waals surface area contributed by atoms with Crippen LogP contribution in [0.4, 0.5) is 0 Å². The van der Waals surface area contributed by atoms with Crippen molar-refractivity contribution >= 4 is 5.97 Å². The van der Waals surface area contributed by atoms with Crippen LogP contribution in [0.25, 0.3) is 0 Å². The second-order valence-electron chi connectivity index (χ2n) is 5.02. The highest BCUT2D eigenvalue weighted by Gasteiger charge is 1.94. The van der Waals surface area contributed by atoms with Crippen molar-refractivity contribution < 1.29 is 9.90 Å². The monoisotopic (exact) mass is 278 g/mol. The van der Waals surface area contributed by atoms with Gasteiger partial charge < -0.3 is 5.11 Å². The first kappa shape index (κ1) is 18.7. The zero-order chi connectivity index (χ0) is 14.9. The Morgan fingerprint density at radius 2 is 1.35 bits per heavy atom. The largest absolute Gasteiger partial charge is 0.481 e. The molecule has 20 heavy (non-hydrogen) atoms. The minimum absolute atomic E-state index is 0.304. The molecule has 0 aromatic heterocycles. The normalized spacial score (nSPS) is 12.1. The molecule has 0 aliphatic rings. The van der Waals surface area contributed by atoms with Gasteiger partial charge in [-0.25, -0.2) is 0 Å². The Balaban J connectivity index is 3.30. The molecule has 0 aliphatic heterocycles. The van der Waals surface area contributed by atoms with E-state index in [1.807, 2.05) is 0 Å². The summed E-state index contributed by atoms with van der Waals surface area (Å²) < 4.78 is 0. The molecule has 0 saturated heterocycles. The van der Waals surface area contributed by atoms with Crippen molar-refractivity contribution in [3.05, 3.63) is 36.5 Å². The van der Waals surface area contributed by atoms with Crippen LogP contribution in [0.15, 0.2) is 36.5 Å². The average Bonchev–Trinajstić information content (AvgIpc) is 2.43. The summed E-state index contributed by atoms with van der Waals surface area (Å²) in [6.45, 7) is 2.21. The van der Waals surface area contributed by atoms with Crippen LogP contribution in [0.5, 0.6) is 0 Å². The lowest BCUT2D eigenvalue weighted by Crippen LogP contribution is -1.93. The molecular formula is C18H30O2. The summed E-state index contributed by atoms with van der Waals surface area (Å²) in [6.07, 6.45) is 23.3. The van der Waals surface area contributed by atoms with Crippen molar-refractivity contribution in [1.82, 2.24) is 0 Å². The van der Waals surface area contributed by atoms with E-state index in [1.165, 1.54) is 19.3 Å². The number of hydrogen-bond donors (Lipinski definition) is 1. The molecule has 0 saturated carbocycles. The maximum Gasteiger partial charge on any atom is 0.303 e. The van der Waals surface area contributed by atoms with Gasteiger partial charge in [0.2, 0.25) is 0 Å². The van der Waals surface area contributed by atoms with Gasteiger partial charge in [0.05, 0.1) is 0 Å². The topological polar surface area (TPSA) is 37.3 Å². The average molecular weight is 278 g/mol. The van der Waals surface area contributed by atoms with Crippen LogP contribution >= 0.6 is 0 Å². The predicted molar refractivity (Wildman–Crippen MR) is 86.9 cm³/mol. The number of unbranched alkanes of at least 4 members (excludes halogenated alkanes) is 5. The van der Waals surface area contributed by atoms with Gasteiger partial charge in [0.25, 0.3) is 0 Å². The van der Waals surface area contributed by atoms with Crippen LogP contribution in [0, 0.1) is 0 Å². The Bertz CT molecular complexity index is 301. The number of hydrogen-bond acceptors (Lipinski definition) is 1. The third-order valence-electron chi connectivity index (χ3n) is 3.03. The quantitative estimate of drug-likeness (QED) is 0.348. The Morgan fingerprint density at radius 1 is 0.800 bits per heavy atom. The fraction of sp³-hybridized carbons (Fsp3) is 0.611. The van der Waals surface area contributed by atoms with E-state index in [2.05, 4.69) is 43.4 Å². The van der Waals surface area contributed by atoms with E-state index < -0.39 is 5.97 Å². The summed E-state index contributed by atoms with van der Waals surface area (Å²) in [6, 6.07) is 0. The van der Waals surface area contributed by atoms with Crippen molar-refractivity contribution in [2.75, 3.05) is 0 Å².